The summed E-state index contributed by atoms with van der Waals surface area (Å²) in [4.78, 5) is 14.8. The van der Waals surface area contributed by atoms with Crippen molar-refractivity contribution in [3.8, 4) is 5.75 Å². The molecule has 2 rings (SSSR count). The van der Waals surface area contributed by atoms with Gasteiger partial charge in [0, 0.05) is 5.39 Å². The zero-order valence-corrected chi connectivity index (χ0v) is 11.1. The summed E-state index contributed by atoms with van der Waals surface area (Å²) in [5.41, 5.74) is 0.985. The number of alkyl halides is 1. The number of rotatable bonds is 4. The molecule has 1 aromatic heterocycles. The summed E-state index contributed by atoms with van der Waals surface area (Å²) in [6.45, 7) is 3.38. The van der Waals surface area contributed by atoms with E-state index in [1.54, 1.807) is 44.2 Å². The molecule has 2 aromatic rings. The number of nitrogens with zero attached hydrogens (tertiary/aromatic N) is 1. The van der Waals surface area contributed by atoms with Gasteiger partial charge >= 0.3 is 5.97 Å². The van der Waals surface area contributed by atoms with Crippen LogP contribution in [0, 0.1) is 0 Å². The molecule has 4 nitrogen and oxygen atoms in total. The van der Waals surface area contributed by atoms with Crippen LogP contribution in [0.5, 0.6) is 5.75 Å². The summed E-state index contributed by atoms with van der Waals surface area (Å²) in [6, 6.07) is 7.82. The van der Waals surface area contributed by atoms with Crippen molar-refractivity contribution in [3.63, 3.8) is 0 Å². The molecule has 0 aliphatic carbocycles. The van der Waals surface area contributed by atoms with Crippen LogP contribution in [0.2, 0.25) is 0 Å². The van der Waals surface area contributed by atoms with Gasteiger partial charge in [-0.15, -0.1) is 0 Å². The first-order chi connectivity index (χ1) is 9.51. The van der Waals surface area contributed by atoms with Gasteiger partial charge in [-0.05, 0) is 43.7 Å². The van der Waals surface area contributed by atoms with Crippen LogP contribution in [0.3, 0.4) is 0 Å². The SMILES string of the molecule is CC=C(C)C(F)Oc1ccc2nc(C(=O)O)ccc2c1. The Bertz CT molecular complexity index is 682. The van der Waals surface area contributed by atoms with Gasteiger partial charge in [0.2, 0.25) is 0 Å². The lowest BCUT2D eigenvalue weighted by molar-refractivity contribution is 0.0691. The highest BCUT2D eigenvalue weighted by molar-refractivity contribution is 5.90. The molecule has 1 N–H and O–H groups in total. The smallest absolute Gasteiger partial charge is 0.354 e. The number of hydrogen-bond acceptors (Lipinski definition) is 3. The second-order valence-corrected chi connectivity index (χ2v) is 4.32. The van der Waals surface area contributed by atoms with Crippen LogP contribution in [-0.2, 0) is 0 Å². The highest BCUT2D eigenvalue weighted by Gasteiger charge is 2.11. The van der Waals surface area contributed by atoms with Gasteiger partial charge in [-0.2, -0.15) is 4.39 Å². The molecule has 104 valence electrons. The molecule has 5 heteroatoms. The van der Waals surface area contributed by atoms with Crippen molar-refractivity contribution in [2.75, 3.05) is 0 Å². The number of fused-ring (bicyclic) bond motifs is 1. The van der Waals surface area contributed by atoms with Gasteiger partial charge in [0.25, 0.3) is 6.36 Å². The lowest BCUT2D eigenvalue weighted by atomic mass is 10.2. The molecule has 1 atom stereocenters. The summed E-state index contributed by atoms with van der Waals surface area (Å²) in [5.74, 6) is -0.712. The Morgan fingerprint density at radius 1 is 1.40 bits per heavy atom. The van der Waals surface area contributed by atoms with Crippen molar-refractivity contribution in [2.45, 2.75) is 20.2 Å². The lowest BCUT2D eigenvalue weighted by Crippen LogP contribution is -2.11. The number of hydrogen-bond donors (Lipinski definition) is 1. The Morgan fingerprint density at radius 2 is 2.15 bits per heavy atom. The molecule has 1 aromatic carbocycles. The highest BCUT2D eigenvalue weighted by Crippen LogP contribution is 2.22. The number of aromatic carboxylic acids is 1. The van der Waals surface area contributed by atoms with Crippen molar-refractivity contribution in [2.24, 2.45) is 0 Å². The molecule has 0 radical (unpaired) electrons. The Labute approximate surface area is 115 Å². The van der Waals surface area contributed by atoms with E-state index in [9.17, 15) is 9.18 Å². The van der Waals surface area contributed by atoms with E-state index >= 15 is 0 Å². The maximum absolute atomic E-state index is 13.7. The molecule has 0 saturated heterocycles. The summed E-state index contributed by atoms with van der Waals surface area (Å²) in [7, 11) is 0. The molecule has 20 heavy (non-hydrogen) atoms. The number of allylic oxidation sites excluding steroid dienone is 1. The van der Waals surface area contributed by atoms with Gasteiger partial charge < -0.3 is 9.84 Å². The first kappa shape index (κ1) is 14.0. The van der Waals surface area contributed by atoms with E-state index in [4.69, 9.17) is 9.84 Å². The first-order valence-corrected chi connectivity index (χ1v) is 6.09. The fourth-order valence-electron chi connectivity index (χ4n) is 1.64. The third kappa shape index (κ3) is 2.93. The number of pyridine rings is 1. The standard InChI is InChI=1S/C15H14FNO3/c1-3-9(2)14(16)20-11-5-7-12-10(8-11)4-6-13(17-12)15(18)19/h3-8,14H,1-2H3,(H,18,19). The van der Waals surface area contributed by atoms with Gasteiger partial charge in [-0.25, -0.2) is 9.78 Å². The summed E-state index contributed by atoms with van der Waals surface area (Å²) in [5, 5.41) is 9.56. The van der Waals surface area contributed by atoms with E-state index in [0.29, 0.717) is 22.2 Å². The predicted octanol–water partition coefficient (Wildman–Crippen LogP) is 3.57. The maximum Gasteiger partial charge on any atom is 0.354 e. The number of benzene rings is 1. The first-order valence-electron chi connectivity index (χ1n) is 6.09. The average molecular weight is 275 g/mol. The van der Waals surface area contributed by atoms with Gasteiger partial charge in [-0.1, -0.05) is 12.1 Å². The van der Waals surface area contributed by atoms with E-state index in [-0.39, 0.29) is 5.69 Å². The normalized spacial score (nSPS) is 13.2. The molecule has 0 fully saturated rings. The van der Waals surface area contributed by atoms with Crippen LogP contribution < -0.4 is 4.74 Å². The second kappa shape index (κ2) is 5.69. The van der Waals surface area contributed by atoms with Crippen LogP contribution in [-0.4, -0.2) is 22.4 Å². The van der Waals surface area contributed by atoms with Crippen LogP contribution >= 0.6 is 0 Å². The predicted molar refractivity (Wildman–Crippen MR) is 73.7 cm³/mol. The van der Waals surface area contributed by atoms with E-state index in [0.717, 1.165) is 0 Å². The van der Waals surface area contributed by atoms with E-state index in [1.165, 1.54) is 6.07 Å². The number of ether oxygens (including phenoxy) is 1. The van der Waals surface area contributed by atoms with Crippen LogP contribution in [0.1, 0.15) is 24.3 Å². The molecule has 0 aliphatic rings. The van der Waals surface area contributed by atoms with Crippen LogP contribution in [0.15, 0.2) is 42.0 Å². The number of carboxylic acid groups (broad SMARTS) is 1. The zero-order valence-electron chi connectivity index (χ0n) is 11.1. The Morgan fingerprint density at radius 3 is 2.80 bits per heavy atom. The summed E-state index contributed by atoms with van der Waals surface area (Å²) >= 11 is 0. The number of carboxylic acids is 1. The molecule has 0 aliphatic heterocycles. The minimum absolute atomic E-state index is 0.0284. The van der Waals surface area contributed by atoms with Gasteiger partial charge in [0.1, 0.15) is 11.4 Å². The molecule has 1 unspecified atom stereocenters. The quantitative estimate of drug-likeness (QED) is 0.866. The summed E-state index contributed by atoms with van der Waals surface area (Å²) in [6.07, 6.45) is 0.149. The van der Waals surface area contributed by atoms with Crippen LogP contribution in [0.25, 0.3) is 10.9 Å². The third-order valence-corrected chi connectivity index (χ3v) is 2.93. The van der Waals surface area contributed by atoms with Crippen molar-refractivity contribution < 1.29 is 19.0 Å². The van der Waals surface area contributed by atoms with Crippen molar-refractivity contribution in [1.82, 2.24) is 4.98 Å². The van der Waals surface area contributed by atoms with E-state index in [2.05, 4.69) is 4.98 Å². The van der Waals surface area contributed by atoms with E-state index in [1.807, 2.05) is 0 Å². The van der Waals surface area contributed by atoms with Crippen LogP contribution in [0.4, 0.5) is 4.39 Å². The lowest BCUT2D eigenvalue weighted by Gasteiger charge is -2.12. The zero-order chi connectivity index (χ0) is 14.7. The van der Waals surface area contributed by atoms with E-state index < -0.39 is 12.3 Å². The molecule has 1 heterocycles. The topological polar surface area (TPSA) is 59.4 Å². The summed E-state index contributed by atoms with van der Waals surface area (Å²) < 4.78 is 18.8. The molecule has 0 saturated carbocycles. The van der Waals surface area contributed by atoms with Gasteiger partial charge in [0.15, 0.2) is 0 Å². The van der Waals surface area contributed by atoms with Crippen molar-refractivity contribution in [3.05, 3.63) is 47.7 Å². The maximum atomic E-state index is 13.7. The fourth-order valence-corrected chi connectivity index (χ4v) is 1.64. The molecule has 0 bridgehead atoms. The molecular weight excluding hydrogens is 261 g/mol. The second-order valence-electron chi connectivity index (χ2n) is 4.32. The van der Waals surface area contributed by atoms with Crippen molar-refractivity contribution >= 4 is 16.9 Å². The number of aromatic nitrogens is 1. The minimum Gasteiger partial charge on any atom is -0.477 e. The monoisotopic (exact) mass is 275 g/mol. The highest BCUT2D eigenvalue weighted by atomic mass is 19.1. The van der Waals surface area contributed by atoms with Crippen molar-refractivity contribution in [1.29, 1.82) is 0 Å². The Hall–Kier alpha value is -2.43. The van der Waals surface area contributed by atoms with Gasteiger partial charge in [0.05, 0.1) is 5.52 Å². The third-order valence-electron chi connectivity index (χ3n) is 2.93. The van der Waals surface area contributed by atoms with Gasteiger partial charge in [-0.3, -0.25) is 0 Å². The molecule has 0 amide bonds. The minimum atomic E-state index is -1.50. The average Bonchev–Trinajstić information content (AvgIpc) is 2.45. The Balaban J connectivity index is 2.30. The number of carbonyl (C=O) groups is 1. The molecule has 0 spiro atoms. The largest absolute Gasteiger partial charge is 0.477 e. The Kier molecular flexibility index (Phi) is 3.98. The fraction of sp³-hybridized carbons (Fsp3) is 0.200. The number of halogens is 1. The molecular formula is C15H14FNO3.